The Morgan fingerprint density at radius 2 is 1.49 bits per heavy atom. The fourth-order valence-corrected chi connectivity index (χ4v) is 4.93. The average molecular weight is 570 g/mol. The van der Waals surface area contributed by atoms with Crippen molar-refractivity contribution < 1.29 is 49.0 Å². The summed E-state index contributed by atoms with van der Waals surface area (Å²) in [5, 5.41) is 2.72. The summed E-state index contributed by atoms with van der Waals surface area (Å²) in [6.07, 6.45) is -15.2. The van der Waals surface area contributed by atoms with Crippen molar-refractivity contribution in [2.75, 3.05) is 18.6 Å². The van der Waals surface area contributed by atoms with Crippen molar-refractivity contribution in [2.24, 2.45) is 0 Å². The molecule has 3 rings (SSSR count). The molecule has 0 unspecified atom stereocenters. The summed E-state index contributed by atoms with van der Waals surface area (Å²) < 4.78 is 127. The van der Waals surface area contributed by atoms with Crippen molar-refractivity contribution in [1.29, 1.82) is 0 Å². The van der Waals surface area contributed by atoms with Crippen LogP contribution >= 0.6 is 0 Å². The van der Waals surface area contributed by atoms with Gasteiger partial charge in [-0.05, 0) is 86.7 Å². The van der Waals surface area contributed by atoms with Crippen molar-refractivity contribution in [3.05, 3.63) is 64.2 Å². The van der Waals surface area contributed by atoms with E-state index in [0.29, 0.717) is 18.6 Å². The number of carbonyl (C=O) groups is 1. The number of ether oxygens (including phenoxy) is 1. The fraction of sp³-hybridized carbons (Fsp3) is 0.500. The van der Waals surface area contributed by atoms with Gasteiger partial charge in [-0.1, -0.05) is 6.92 Å². The second kappa shape index (κ2) is 11.3. The van der Waals surface area contributed by atoms with Crippen LogP contribution in [0.25, 0.3) is 0 Å². The summed E-state index contributed by atoms with van der Waals surface area (Å²) in [7, 11) is 1.34. The molecule has 0 bridgehead atoms. The summed E-state index contributed by atoms with van der Waals surface area (Å²) in [6, 6.07) is 2.46. The van der Waals surface area contributed by atoms with Crippen molar-refractivity contribution in [3.63, 3.8) is 0 Å². The number of hydrogen-bond acceptors (Lipinski definition) is 3. The molecule has 1 aliphatic heterocycles. The zero-order valence-corrected chi connectivity index (χ0v) is 21.2. The lowest BCUT2D eigenvalue weighted by atomic mass is 9.79. The van der Waals surface area contributed by atoms with E-state index in [9.17, 15) is 44.3 Å². The average Bonchev–Trinajstić information content (AvgIpc) is 2.84. The molecule has 216 valence electrons. The van der Waals surface area contributed by atoms with Gasteiger partial charge in [0.15, 0.2) is 0 Å². The number of rotatable bonds is 6. The number of fused-ring (bicyclic) bond motifs is 1. The first-order valence-corrected chi connectivity index (χ1v) is 12.1. The van der Waals surface area contributed by atoms with E-state index in [-0.39, 0.29) is 42.3 Å². The molecule has 0 spiro atoms. The Kier molecular flexibility index (Phi) is 8.83. The van der Waals surface area contributed by atoms with E-state index in [1.165, 1.54) is 11.9 Å². The number of benzene rings is 2. The highest BCUT2D eigenvalue weighted by Crippen LogP contribution is 2.47. The number of halogens is 9. The second-order valence-corrected chi connectivity index (χ2v) is 9.25. The van der Waals surface area contributed by atoms with Gasteiger partial charge in [0.05, 0.1) is 29.0 Å². The van der Waals surface area contributed by atoms with Crippen LogP contribution < -0.4 is 10.2 Å². The lowest BCUT2D eigenvalue weighted by molar-refractivity contribution is -0.143. The Morgan fingerprint density at radius 3 is 1.95 bits per heavy atom. The van der Waals surface area contributed by atoms with Gasteiger partial charge >= 0.3 is 24.6 Å². The maximum absolute atomic E-state index is 13.6. The number of carbonyl (C=O) groups excluding carboxylic acids is 1. The van der Waals surface area contributed by atoms with Crippen LogP contribution in [0.15, 0.2) is 36.4 Å². The number of nitrogens with one attached hydrogen (secondary N) is 1. The van der Waals surface area contributed by atoms with E-state index in [1.54, 1.807) is 13.8 Å². The molecule has 0 aliphatic carbocycles. The van der Waals surface area contributed by atoms with Gasteiger partial charge < -0.3 is 10.1 Å². The molecule has 0 saturated carbocycles. The standard InChI is InChI=1S/C26H27F9N2O2/c1-4-19-10-14(20-13-16(24(27,28)29)6-7-22(20)37(19)23(38)39-5-2)11-21(36-3)15-8-17(25(30,31)32)12-18(9-15)26(33,34)35/h6-9,12-14,19,21,36H,4-5,10-11H2,1-3H3/t14-,19+,21-/m0/s1. The number of amides is 1. The molecule has 2 aromatic carbocycles. The highest BCUT2D eigenvalue weighted by atomic mass is 19.4. The summed E-state index contributed by atoms with van der Waals surface area (Å²) in [5.41, 5.74) is -4.03. The molecule has 0 fully saturated rings. The second-order valence-electron chi connectivity index (χ2n) is 9.25. The van der Waals surface area contributed by atoms with Gasteiger partial charge in [-0.15, -0.1) is 0 Å². The SMILES string of the molecule is CCOC(=O)N1c2ccc(C(F)(F)F)cc2[C@H](C[C@H](NC)c2cc(C(F)(F)F)cc(C(F)(F)F)c2)C[C@H]1CC. The zero-order chi connectivity index (χ0) is 29.3. The highest BCUT2D eigenvalue weighted by molar-refractivity contribution is 5.90. The zero-order valence-electron chi connectivity index (χ0n) is 21.2. The van der Waals surface area contributed by atoms with Gasteiger partial charge in [-0.25, -0.2) is 4.79 Å². The smallest absolute Gasteiger partial charge is 0.416 e. The van der Waals surface area contributed by atoms with Gasteiger partial charge in [0.2, 0.25) is 0 Å². The molecule has 39 heavy (non-hydrogen) atoms. The molecule has 13 heteroatoms. The number of hydrogen-bond donors (Lipinski definition) is 1. The van der Waals surface area contributed by atoms with Crippen molar-refractivity contribution in [2.45, 2.75) is 69.6 Å². The molecule has 2 aromatic rings. The van der Waals surface area contributed by atoms with Crippen LogP contribution in [-0.4, -0.2) is 25.8 Å². The van der Waals surface area contributed by atoms with Gasteiger partial charge in [-0.2, -0.15) is 39.5 Å². The van der Waals surface area contributed by atoms with Crippen LogP contribution in [0, 0.1) is 0 Å². The van der Waals surface area contributed by atoms with E-state index in [4.69, 9.17) is 4.74 Å². The predicted octanol–water partition coefficient (Wildman–Crippen LogP) is 8.32. The summed E-state index contributed by atoms with van der Waals surface area (Å²) in [4.78, 5) is 14.0. The minimum Gasteiger partial charge on any atom is -0.449 e. The van der Waals surface area contributed by atoms with Crippen LogP contribution in [0.1, 0.15) is 72.9 Å². The van der Waals surface area contributed by atoms with Crippen LogP contribution in [0.5, 0.6) is 0 Å². The van der Waals surface area contributed by atoms with Gasteiger partial charge in [0.1, 0.15) is 0 Å². The molecular formula is C26H27F9N2O2. The normalized spacial score (nSPS) is 19.0. The molecule has 4 nitrogen and oxygen atoms in total. The first-order valence-electron chi connectivity index (χ1n) is 12.1. The first kappa shape index (κ1) is 30.6. The third kappa shape index (κ3) is 6.79. The number of alkyl halides is 9. The third-order valence-corrected chi connectivity index (χ3v) is 6.79. The Morgan fingerprint density at radius 1 is 0.923 bits per heavy atom. The van der Waals surface area contributed by atoms with Gasteiger partial charge in [-0.3, -0.25) is 4.90 Å². The summed E-state index contributed by atoms with van der Waals surface area (Å²) in [6.45, 7) is 3.34. The van der Waals surface area contributed by atoms with Crippen molar-refractivity contribution >= 4 is 11.8 Å². The maximum Gasteiger partial charge on any atom is 0.416 e. The highest BCUT2D eigenvalue weighted by Gasteiger charge is 2.41. The Hall–Kier alpha value is -2.96. The molecule has 0 aromatic heterocycles. The topological polar surface area (TPSA) is 41.6 Å². The first-order chi connectivity index (χ1) is 18.0. The molecule has 1 heterocycles. The van der Waals surface area contributed by atoms with E-state index < -0.39 is 59.3 Å². The summed E-state index contributed by atoms with van der Waals surface area (Å²) >= 11 is 0. The minimum atomic E-state index is -5.05. The Labute approximate surface area is 219 Å². The van der Waals surface area contributed by atoms with E-state index in [0.717, 1.165) is 18.2 Å². The monoisotopic (exact) mass is 570 g/mol. The Bertz CT molecular complexity index is 1140. The lowest BCUT2D eigenvalue weighted by Gasteiger charge is -2.41. The maximum atomic E-state index is 13.6. The van der Waals surface area contributed by atoms with Crippen LogP contribution in [0.4, 0.5) is 50.0 Å². The molecule has 1 N–H and O–H groups in total. The van der Waals surface area contributed by atoms with Crippen LogP contribution in [0.3, 0.4) is 0 Å². The predicted molar refractivity (Wildman–Crippen MR) is 125 cm³/mol. The Balaban J connectivity index is 2.13. The molecule has 0 radical (unpaired) electrons. The largest absolute Gasteiger partial charge is 0.449 e. The van der Waals surface area contributed by atoms with Crippen molar-refractivity contribution in [3.8, 4) is 0 Å². The number of nitrogens with zero attached hydrogens (tertiary/aromatic N) is 1. The van der Waals surface area contributed by atoms with Gasteiger partial charge in [0.25, 0.3) is 0 Å². The quantitative estimate of drug-likeness (QED) is 0.355. The molecule has 0 saturated heterocycles. The lowest BCUT2D eigenvalue weighted by Crippen LogP contribution is -2.45. The molecular weight excluding hydrogens is 543 g/mol. The summed E-state index contributed by atoms with van der Waals surface area (Å²) in [5.74, 6) is -0.737. The molecule has 1 aliphatic rings. The van der Waals surface area contributed by atoms with Crippen LogP contribution in [-0.2, 0) is 23.3 Å². The van der Waals surface area contributed by atoms with E-state index in [2.05, 4.69) is 5.32 Å². The fourth-order valence-electron chi connectivity index (χ4n) is 4.93. The van der Waals surface area contributed by atoms with Crippen molar-refractivity contribution in [1.82, 2.24) is 5.32 Å². The van der Waals surface area contributed by atoms with E-state index >= 15 is 0 Å². The molecule has 3 atom stereocenters. The molecule has 1 amide bonds. The third-order valence-electron chi connectivity index (χ3n) is 6.79. The van der Waals surface area contributed by atoms with Crippen LogP contribution in [0.2, 0.25) is 0 Å². The minimum absolute atomic E-state index is 0.0179. The number of anilines is 1. The van der Waals surface area contributed by atoms with Gasteiger partial charge in [0, 0.05) is 12.1 Å². The van der Waals surface area contributed by atoms with E-state index in [1.807, 2.05) is 0 Å².